The Labute approximate surface area is 139 Å². The second kappa shape index (κ2) is 6.20. The highest BCUT2D eigenvalue weighted by Crippen LogP contribution is 2.42. The molecule has 24 heavy (non-hydrogen) atoms. The molecule has 2 N–H and O–H groups in total. The van der Waals surface area contributed by atoms with Crippen molar-refractivity contribution >= 4 is 5.97 Å². The van der Waals surface area contributed by atoms with E-state index in [0.29, 0.717) is 25.2 Å². The van der Waals surface area contributed by atoms with E-state index in [1.165, 1.54) is 0 Å². The molecule has 1 saturated carbocycles. The number of carbonyl (C=O) groups is 1. The van der Waals surface area contributed by atoms with Gasteiger partial charge >= 0.3 is 5.97 Å². The Morgan fingerprint density at radius 2 is 2.08 bits per heavy atom. The molecule has 0 radical (unpaired) electrons. The van der Waals surface area contributed by atoms with E-state index in [-0.39, 0.29) is 23.9 Å². The van der Waals surface area contributed by atoms with E-state index >= 15 is 0 Å². The second-order valence-electron chi connectivity index (χ2n) is 6.56. The average Bonchev–Trinajstić information content (AvgIpc) is 3.07. The van der Waals surface area contributed by atoms with Crippen LogP contribution in [0.3, 0.4) is 0 Å². The van der Waals surface area contributed by atoms with Gasteiger partial charge in [0, 0.05) is 23.8 Å². The van der Waals surface area contributed by atoms with Gasteiger partial charge in [0.1, 0.15) is 18.0 Å². The SMILES string of the molecule is O=C1C[C@@H]2[C@@H](/C=C/[C@@H](O)C3OCc4ccccc4O3)[C@H](O)C[C@@H]2O1. The lowest BCUT2D eigenvalue weighted by Gasteiger charge is -2.28. The number of aliphatic hydroxyl groups excluding tert-OH is 2. The van der Waals surface area contributed by atoms with Crippen LogP contribution in [-0.2, 0) is 20.9 Å². The first-order valence-corrected chi connectivity index (χ1v) is 8.22. The Balaban J connectivity index is 1.42. The molecule has 0 bridgehead atoms. The molecule has 0 spiro atoms. The Morgan fingerprint density at radius 1 is 1.25 bits per heavy atom. The van der Waals surface area contributed by atoms with Crippen LogP contribution in [0.5, 0.6) is 5.75 Å². The molecule has 1 aromatic rings. The minimum Gasteiger partial charge on any atom is -0.462 e. The van der Waals surface area contributed by atoms with Gasteiger partial charge in [-0.05, 0) is 6.07 Å². The molecule has 2 heterocycles. The van der Waals surface area contributed by atoms with E-state index in [0.717, 1.165) is 5.56 Å². The Kier molecular flexibility index (Phi) is 4.04. The van der Waals surface area contributed by atoms with Crippen molar-refractivity contribution in [3.8, 4) is 5.75 Å². The molecule has 6 atom stereocenters. The summed E-state index contributed by atoms with van der Waals surface area (Å²) in [6, 6.07) is 7.54. The third-order valence-corrected chi connectivity index (χ3v) is 5.00. The topological polar surface area (TPSA) is 85.2 Å². The molecule has 1 aromatic carbocycles. The standard InChI is InChI=1S/C18H20O6/c19-13(18-22-9-10-3-1-2-4-15(10)24-18)6-5-11-12-7-17(21)23-16(12)8-14(11)20/h1-6,11-14,16,18-20H,7-9H2/b6-5+/t11-,12-,13-,14-,16+,18?/m1/s1. The molecule has 0 aromatic heterocycles. The van der Waals surface area contributed by atoms with Crippen molar-refractivity contribution < 1.29 is 29.2 Å². The molecule has 6 heteroatoms. The van der Waals surface area contributed by atoms with Gasteiger partial charge in [0.2, 0.25) is 6.29 Å². The lowest BCUT2D eigenvalue weighted by atomic mass is 9.91. The molecule has 1 aliphatic carbocycles. The molecule has 2 aliphatic heterocycles. The zero-order chi connectivity index (χ0) is 16.7. The van der Waals surface area contributed by atoms with Crippen molar-refractivity contribution in [1.29, 1.82) is 0 Å². The minimum absolute atomic E-state index is 0.0233. The summed E-state index contributed by atoms with van der Waals surface area (Å²) in [7, 11) is 0. The Bertz CT molecular complexity index is 657. The van der Waals surface area contributed by atoms with Crippen LogP contribution in [0.15, 0.2) is 36.4 Å². The monoisotopic (exact) mass is 332 g/mol. The van der Waals surface area contributed by atoms with E-state index in [2.05, 4.69) is 0 Å². The molecule has 6 nitrogen and oxygen atoms in total. The summed E-state index contributed by atoms with van der Waals surface area (Å²) in [6.07, 6.45) is 1.59. The highest BCUT2D eigenvalue weighted by molar-refractivity contribution is 5.72. The summed E-state index contributed by atoms with van der Waals surface area (Å²) >= 11 is 0. The Hall–Kier alpha value is -1.89. The summed E-state index contributed by atoms with van der Waals surface area (Å²) < 4.78 is 16.4. The van der Waals surface area contributed by atoms with E-state index in [1.807, 2.05) is 24.3 Å². The fourth-order valence-electron chi connectivity index (χ4n) is 3.76. The number of rotatable bonds is 3. The van der Waals surface area contributed by atoms with Gasteiger partial charge in [-0.1, -0.05) is 30.4 Å². The summed E-state index contributed by atoms with van der Waals surface area (Å²) in [5.41, 5.74) is 0.945. The number of para-hydroxylation sites is 1. The van der Waals surface area contributed by atoms with Crippen LogP contribution < -0.4 is 4.74 Å². The van der Waals surface area contributed by atoms with Crippen molar-refractivity contribution in [2.45, 2.75) is 44.1 Å². The lowest BCUT2D eigenvalue weighted by molar-refractivity contribution is -0.152. The van der Waals surface area contributed by atoms with Crippen LogP contribution in [0.2, 0.25) is 0 Å². The number of aliphatic hydroxyl groups is 2. The first-order chi connectivity index (χ1) is 11.6. The fourth-order valence-corrected chi connectivity index (χ4v) is 3.76. The predicted molar refractivity (Wildman–Crippen MR) is 82.9 cm³/mol. The third kappa shape index (κ3) is 2.81. The van der Waals surface area contributed by atoms with Crippen LogP contribution in [0.1, 0.15) is 18.4 Å². The largest absolute Gasteiger partial charge is 0.462 e. The van der Waals surface area contributed by atoms with Crippen molar-refractivity contribution in [2.75, 3.05) is 0 Å². The number of esters is 1. The fraction of sp³-hybridized carbons (Fsp3) is 0.500. The van der Waals surface area contributed by atoms with Crippen molar-refractivity contribution in [2.24, 2.45) is 11.8 Å². The maximum Gasteiger partial charge on any atom is 0.306 e. The van der Waals surface area contributed by atoms with Gasteiger partial charge in [0.05, 0.1) is 19.1 Å². The van der Waals surface area contributed by atoms with Gasteiger partial charge in [-0.15, -0.1) is 0 Å². The van der Waals surface area contributed by atoms with Gasteiger partial charge in [0.15, 0.2) is 0 Å². The number of carbonyl (C=O) groups excluding carboxylic acids is 1. The number of hydrogen-bond donors (Lipinski definition) is 2. The number of fused-ring (bicyclic) bond motifs is 2. The zero-order valence-corrected chi connectivity index (χ0v) is 13.1. The summed E-state index contributed by atoms with van der Waals surface area (Å²) in [6.45, 7) is 0.380. The molecular weight excluding hydrogens is 312 g/mol. The lowest BCUT2D eigenvalue weighted by Crippen LogP contribution is -2.36. The summed E-state index contributed by atoms with van der Waals surface area (Å²) in [5.74, 6) is 0.264. The smallest absolute Gasteiger partial charge is 0.306 e. The van der Waals surface area contributed by atoms with Crippen molar-refractivity contribution in [3.05, 3.63) is 42.0 Å². The second-order valence-corrected chi connectivity index (χ2v) is 6.56. The highest BCUT2D eigenvalue weighted by atomic mass is 16.7. The average molecular weight is 332 g/mol. The maximum absolute atomic E-state index is 11.4. The van der Waals surface area contributed by atoms with Crippen molar-refractivity contribution in [1.82, 2.24) is 0 Å². The van der Waals surface area contributed by atoms with Crippen LogP contribution >= 0.6 is 0 Å². The first kappa shape index (κ1) is 15.6. The van der Waals surface area contributed by atoms with E-state index in [1.54, 1.807) is 12.2 Å². The quantitative estimate of drug-likeness (QED) is 0.638. The molecule has 2 fully saturated rings. The molecule has 1 saturated heterocycles. The molecule has 0 amide bonds. The third-order valence-electron chi connectivity index (χ3n) is 5.00. The van der Waals surface area contributed by atoms with Crippen LogP contribution in [0.4, 0.5) is 0 Å². The summed E-state index contributed by atoms with van der Waals surface area (Å²) in [4.78, 5) is 11.4. The van der Waals surface area contributed by atoms with Gasteiger partial charge in [-0.3, -0.25) is 4.79 Å². The molecule has 128 valence electrons. The number of benzene rings is 1. The molecular formula is C18H20O6. The number of hydrogen-bond acceptors (Lipinski definition) is 6. The van der Waals surface area contributed by atoms with Crippen molar-refractivity contribution in [3.63, 3.8) is 0 Å². The maximum atomic E-state index is 11.4. The molecule has 1 unspecified atom stereocenters. The Morgan fingerprint density at radius 3 is 2.96 bits per heavy atom. The van der Waals surface area contributed by atoms with E-state index in [4.69, 9.17) is 14.2 Å². The van der Waals surface area contributed by atoms with Crippen LogP contribution in [0, 0.1) is 11.8 Å². The minimum atomic E-state index is -0.956. The zero-order valence-electron chi connectivity index (χ0n) is 13.1. The highest BCUT2D eigenvalue weighted by Gasteiger charge is 2.48. The number of ether oxygens (including phenoxy) is 3. The van der Waals surface area contributed by atoms with Gasteiger partial charge in [0.25, 0.3) is 0 Å². The normalized spacial score (nSPS) is 36.1. The van der Waals surface area contributed by atoms with E-state index < -0.39 is 18.5 Å². The van der Waals surface area contributed by atoms with Gasteiger partial charge in [-0.2, -0.15) is 0 Å². The van der Waals surface area contributed by atoms with Gasteiger partial charge in [-0.25, -0.2) is 0 Å². The molecule has 4 rings (SSSR count). The van der Waals surface area contributed by atoms with Crippen LogP contribution in [0.25, 0.3) is 0 Å². The molecule has 3 aliphatic rings. The summed E-state index contributed by atoms with van der Waals surface area (Å²) in [5, 5.41) is 20.5. The van der Waals surface area contributed by atoms with E-state index in [9.17, 15) is 15.0 Å². The first-order valence-electron chi connectivity index (χ1n) is 8.22. The predicted octanol–water partition coefficient (Wildman–Crippen LogP) is 1.15. The van der Waals surface area contributed by atoms with Crippen LogP contribution in [-0.4, -0.2) is 40.8 Å². The van der Waals surface area contributed by atoms with Gasteiger partial charge < -0.3 is 24.4 Å².